The Bertz CT molecular complexity index is 433. The second-order valence-electron chi connectivity index (χ2n) is 3.26. The van der Waals surface area contributed by atoms with E-state index in [-0.39, 0.29) is 12.3 Å². The molecule has 0 spiro atoms. The van der Waals surface area contributed by atoms with E-state index in [2.05, 4.69) is 6.58 Å². The number of non-ortho nitro benzene ring substituents is 1. The van der Waals surface area contributed by atoms with E-state index in [0.29, 0.717) is 23.0 Å². The lowest BCUT2D eigenvalue weighted by molar-refractivity contribution is -0.384. The summed E-state index contributed by atoms with van der Waals surface area (Å²) < 4.78 is 10.4. The number of nitro groups is 1. The first-order chi connectivity index (χ1) is 8.08. The highest BCUT2D eigenvalue weighted by Crippen LogP contribution is 2.31. The number of nitro benzene ring substituents is 1. The Morgan fingerprint density at radius 3 is 2.76 bits per heavy atom. The van der Waals surface area contributed by atoms with Crippen molar-refractivity contribution in [2.75, 3.05) is 19.6 Å². The average molecular weight is 258 g/mol. The molecule has 0 aromatic heterocycles. The summed E-state index contributed by atoms with van der Waals surface area (Å²) in [6.07, 6.45) is 0. The van der Waals surface area contributed by atoms with Crippen LogP contribution < -0.4 is 9.47 Å². The lowest BCUT2D eigenvalue weighted by Crippen LogP contribution is -2.03. The third-order valence-electron chi connectivity index (χ3n) is 1.98. The van der Waals surface area contributed by atoms with Crippen LogP contribution in [-0.2, 0) is 0 Å². The molecule has 5 nitrogen and oxygen atoms in total. The van der Waals surface area contributed by atoms with Gasteiger partial charge in [-0.05, 0) is 11.6 Å². The standard InChI is InChI=1S/C11H12ClNO4/c1-8(6-12)7-17-10-4-3-9(13(14)15)5-11(10)16-2/h3-5H,1,6-7H2,2H3. The van der Waals surface area contributed by atoms with Gasteiger partial charge in [0, 0.05) is 11.9 Å². The fourth-order valence-electron chi connectivity index (χ4n) is 1.11. The molecule has 92 valence electrons. The normalized spacial score (nSPS) is 9.76. The number of hydrogen-bond acceptors (Lipinski definition) is 4. The summed E-state index contributed by atoms with van der Waals surface area (Å²) >= 11 is 5.56. The van der Waals surface area contributed by atoms with Crippen LogP contribution in [0.15, 0.2) is 30.4 Å². The van der Waals surface area contributed by atoms with Crippen molar-refractivity contribution in [1.82, 2.24) is 0 Å². The van der Waals surface area contributed by atoms with Gasteiger partial charge in [0.2, 0.25) is 0 Å². The van der Waals surface area contributed by atoms with Crippen LogP contribution in [-0.4, -0.2) is 24.5 Å². The zero-order valence-corrected chi connectivity index (χ0v) is 10.1. The molecule has 0 saturated carbocycles. The summed E-state index contributed by atoms with van der Waals surface area (Å²) in [5.41, 5.74) is 0.664. The maximum atomic E-state index is 10.6. The van der Waals surface area contributed by atoms with Crippen LogP contribution in [0.25, 0.3) is 0 Å². The van der Waals surface area contributed by atoms with Gasteiger partial charge >= 0.3 is 0 Å². The van der Waals surface area contributed by atoms with Gasteiger partial charge in [-0.3, -0.25) is 10.1 Å². The quantitative estimate of drug-likeness (QED) is 0.340. The van der Waals surface area contributed by atoms with Gasteiger partial charge in [0.25, 0.3) is 5.69 Å². The summed E-state index contributed by atoms with van der Waals surface area (Å²) in [6, 6.07) is 4.14. The first kappa shape index (κ1) is 13.3. The largest absolute Gasteiger partial charge is 0.493 e. The Morgan fingerprint density at radius 2 is 2.24 bits per heavy atom. The molecule has 0 aliphatic rings. The summed E-state index contributed by atoms with van der Waals surface area (Å²) in [7, 11) is 1.42. The smallest absolute Gasteiger partial charge is 0.273 e. The van der Waals surface area contributed by atoms with Crippen molar-refractivity contribution in [3.8, 4) is 11.5 Å². The fourth-order valence-corrected chi connectivity index (χ4v) is 1.18. The van der Waals surface area contributed by atoms with E-state index in [9.17, 15) is 10.1 Å². The predicted molar refractivity (Wildman–Crippen MR) is 65.0 cm³/mol. The van der Waals surface area contributed by atoms with Crippen molar-refractivity contribution in [3.05, 3.63) is 40.5 Å². The number of ether oxygens (including phenoxy) is 2. The van der Waals surface area contributed by atoms with Gasteiger partial charge in [0.15, 0.2) is 11.5 Å². The number of halogens is 1. The highest BCUT2D eigenvalue weighted by Gasteiger charge is 2.12. The highest BCUT2D eigenvalue weighted by molar-refractivity contribution is 6.19. The molecule has 0 fully saturated rings. The molecule has 0 aliphatic heterocycles. The van der Waals surface area contributed by atoms with Crippen LogP contribution in [0, 0.1) is 10.1 Å². The third kappa shape index (κ3) is 3.64. The van der Waals surface area contributed by atoms with Crippen molar-refractivity contribution in [1.29, 1.82) is 0 Å². The first-order valence-corrected chi connectivity index (χ1v) is 5.29. The Balaban J connectivity index is 2.85. The first-order valence-electron chi connectivity index (χ1n) is 4.76. The molecular weight excluding hydrogens is 246 g/mol. The van der Waals surface area contributed by atoms with Gasteiger partial charge in [-0.1, -0.05) is 6.58 Å². The molecule has 0 atom stereocenters. The van der Waals surface area contributed by atoms with E-state index in [1.807, 2.05) is 0 Å². The molecule has 6 heteroatoms. The number of hydrogen-bond donors (Lipinski definition) is 0. The molecule has 0 radical (unpaired) electrons. The zero-order chi connectivity index (χ0) is 12.8. The van der Waals surface area contributed by atoms with Crippen LogP contribution >= 0.6 is 11.6 Å². The van der Waals surface area contributed by atoms with Gasteiger partial charge in [-0.15, -0.1) is 11.6 Å². The Kier molecular flexibility index (Phi) is 4.78. The van der Waals surface area contributed by atoms with Crippen molar-refractivity contribution in [2.45, 2.75) is 0 Å². The summed E-state index contributed by atoms with van der Waals surface area (Å²) in [6.45, 7) is 3.93. The van der Waals surface area contributed by atoms with Crippen molar-refractivity contribution in [3.63, 3.8) is 0 Å². The third-order valence-corrected chi connectivity index (χ3v) is 2.36. The minimum absolute atomic E-state index is 0.0506. The van der Waals surface area contributed by atoms with E-state index in [1.54, 1.807) is 0 Å². The van der Waals surface area contributed by atoms with Crippen molar-refractivity contribution < 1.29 is 14.4 Å². The summed E-state index contributed by atoms with van der Waals surface area (Å²) in [5, 5.41) is 10.6. The topological polar surface area (TPSA) is 61.6 Å². The molecule has 0 saturated heterocycles. The molecule has 0 N–H and O–H groups in total. The minimum Gasteiger partial charge on any atom is -0.493 e. The number of methoxy groups -OCH3 is 1. The molecule has 1 aromatic rings. The maximum Gasteiger partial charge on any atom is 0.273 e. The molecule has 1 rings (SSSR count). The Hall–Kier alpha value is -1.75. The van der Waals surface area contributed by atoms with Crippen LogP contribution in [0.3, 0.4) is 0 Å². The van der Waals surface area contributed by atoms with Crippen molar-refractivity contribution in [2.24, 2.45) is 0 Å². The van der Waals surface area contributed by atoms with Crippen LogP contribution in [0.1, 0.15) is 0 Å². The van der Waals surface area contributed by atoms with E-state index in [1.165, 1.54) is 25.3 Å². The number of rotatable bonds is 6. The summed E-state index contributed by atoms with van der Waals surface area (Å²) in [4.78, 5) is 10.1. The van der Waals surface area contributed by atoms with Gasteiger partial charge in [0.1, 0.15) is 6.61 Å². The molecule has 1 aromatic carbocycles. The number of benzene rings is 1. The molecule has 0 aliphatic carbocycles. The SMILES string of the molecule is C=C(CCl)COc1ccc([N+](=O)[O-])cc1OC. The van der Waals surface area contributed by atoms with E-state index < -0.39 is 4.92 Å². The molecule has 17 heavy (non-hydrogen) atoms. The van der Waals surface area contributed by atoms with Gasteiger partial charge in [-0.25, -0.2) is 0 Å². The Labute approximate surface area is 104 Å². The van der Waals surface area contributed by atoms with Gasteiger partial charge < -0.3 is 9.47 Å². The van der Waals surface area contributed by atoms with Crippen LogP contribution in [0.5, 0.6) is 11.5 Å². The average Bonchev–Trinajstić information content (AvgIpc) is 2.35. The van der Waals surface area contributed by atoms with E-state index >= 15 is 0 Å². The molecular formula is C11H12ClNO4. The lowest BCUT2D eigenvalue weighted by atomic mass is 10.3. The minimum atomic E-state index is -0.496. The lowest BCUT2D eigenvalue weighted by Gasteiger charge is -2.10. The number of alkyl halides is 1. The highest BCUT2D eigenvalue weighted by atomic mass is 35.5. The predicted octanol–water partition coefficient (Wildman–Crippen LogP) is 2.78. The molecule has 0 bridgehead atoms. The second-order valence-corrected chi connectivity index (χ2v) is 3.53. The molecule has 0 amide bonds. The molecule has 0 unspecified atom stereocenters. The van der Waals surface area contributed by atoms with Gasteiger partial charge in [0.05, 0.1) is 18.1 Å². The Morgan fingerprint density at radius 1 is 1.53 bits per heavy atom. The van der Waals surface area contributed by atoms with E-state index in [0.717, 1.165) is 0 Å². The van der Waals surface area contributed by atoms with Crippen molar-refractivity contribution >= 4 is 17.3 Å². The van der Waals surface area contributed by atoms with Crippen LogP contribution in [0.2, 0.25) is 0 Å². The molecule has 0 heterocycles. The second kappa shape index (κ2) is 6.10. The van der Waals surface area contributed by atoms with E-state index in [4.69, 9.17) is 21.1 Å². The maximum absolute atomic E-state index is 10.6. The zero-order valence-electron chi connectivity index (χ0n) is 9.31. The fraction of sp³-hybridized carbons (Fsp3) is 0.273. The number of nitrogens with zero attached hydrogens (tertiary/aromatic N) is 1. The summed E-state index contributed by atoms with van der Waals surface area (Å²) in [5.74, 6) is 1.03. The van der Waals surface area contributed by atoms with Crippen LogP contribution in [0.4, 0.5) is 5.69 Å². The monoisotopic (exact) mass is 257 g/mol. The van der Waals surface area contributed by atoms with Gasteiger partial charge in [-0.2, -0.15) is 0 Å².